The molecular weight excluding hydrogens is 338 g/mol. The second kappa shape index (κ2) is 7.84. The second-order valence-corrected chi connectivity index (χ2v) is 6.88. The van der Waals surface area contributed by atoms with Crippen molar-refractivity contribution >= 4 is 16.8 Å². The van der Waals surface area contributed by atoms with E-state index in [1.807, 2.05) is 23.1 Å². The molecule has 2 N–H and O–H groups in total. The number of piperazine rings is 1. The third-order valence-corrected chi connectivity index (χ3v) is 5.25. The van der Waals surface area contributed by atoms with Gasteiger partial charge in [0.25, 0.3) is 0 Å². The fraction of sp³-hybridized carbons (Fsp3) is 0.318. The number of hydrogen-bond donors (Lipinski definition) is 2. The Morgan fingerprint density at radius 3 is 2.56 bits per heavy atom. The number of carbonyl (C=O) groups excluding carboxylic acids is 1. The highest BCUT2D eigenvalue weighted by Gasteiger charge is 2.19. The number of rotatable bonds is 5. The summed E-state index contributed by atoms with van der Waals surface area (Å²) in [4.78, 5) is 18.1. The van der Waals surface area contributed by atoms with E-state index in [1.165, 1.54) is 10.9 Å². The standard InChI is InChI=1S/C22H25N3O2/c1-27-17-8-6-16(7-9-17)22-19(18-4-2-3-5-20(18)24-22)10-11-21(26)25-14-12-23-13-15-25/h2-9,23-24H,10-15H2,1H3. The molecule has 0 unspecified atom stereocenters. The van der Waals surface area contributed by atoms with Gasteiger partial charge in [-0.05, 0) is 47.9 Å². The molecule has 5 heteroatoms. The SMILES string of the molecule is COc1ccc(-c2[nH]c3ccccc3c2CCC(=O)N2CCNCC2)cc1. The van der Waals surface area contributed by atoms with Crippen molar-refractivity contribution in [2.45, 2.75) is 12.8 Å². The van der Waals surface area contributed by atoms with Crippen LogP contribution in [0.25, 0.3) is 22.2 Å². The summed E-state index contributed by atoms with van der Waals surface area (Å²) in [5, 5.41) is 4.49. The van der Waals surface area contributed by atoms with Gasteiger partial charge in [0.1, 0.15) is 5.75 Å². The van der Waals surface area contributed by atoms with Crippen LogP contribution in [-0.4, -0.2) is 49.1 Å². The summed E-state index contributed by atoms with van der Waals surface area (Å²) in [6.07, 6.45) is 1.26. The topological polar surface area (TPSA) is 57.4 Å². The zero-order chi connectivity index (χ0) is 18.6. The molecule has 1 aliphatic heterocycles. The van der Waals surface area contributed by atoms with E-state index in [-0.39, 0.29) is 5.91 Å². The molecular formula is C22H25N3O2. The first-order valence-electron chi connectivity index (χ1n) is 9.49. The molecule has 0 atom stereocenters. The number of H-pyrrole nitrogens is 1. The number of benzene rings is 2. The number of nitrogens with zero attached hydrogens (tertiary/aromatic N) is 1. The lowest BCUT2D eigenvalue weighted by Gasteiger charge is -2.27. The molecule has 0 radical (unpaired) electrons. The average Bonchev–Trinajstić information content (AvgIpc) is 3.11. The summed E-state index contributed by atoms with van der Waals surface area (Å²) in [6, 6.07) is 16.4. The Balaban J connectivity index is 1.62. The van der Waals surface area contributed by atoms with Gasteiger partial charge in [0.15, 0.2) is 0 Å². The number of fused-ring (bicyclic) bond motifs is 1. The minimum atomic E-state index is 0.238. The van der Waals surface area contributed by atoms with Crippen molar-refractivity contribution in [2.24, 2.45) is 0 Å². The maximum absolute atomic E-state index is 12.6. The Bertz CT molecular complexity index is 924. The van der Waals surface area contributed by atoms with Gasteiger partial charge in [-0.2, -0.15) is 0 Å². The highest BCUT2D eigenvalue weighted by Crippen LogP contribution is 2.32. The first kappa shape index (κ1) is 17.6. The minimum absolute atomic E-state index is 0.238. The number of nitrogens with one attached hydrogen (secondary N) is 2. The number of aromatic nitrogens is 1. The lowest BCUT2D eigenvalue weighted by atomic mass is 10.0. The van der Waals surface area contributed by atoms with Crippen molar-refractivity contribution < 1.29 is 9.53 Å². The van der Waals surface area contributed by atoms with Crippen LogP contribution in [0.2, 0.25) is 0 Å². The van der Waals surface area contributed by atoms with Crippen LogP contribution in [0.3, 0.4) is 0 Å². The summed E-state index contributed by atoms with van der Waals surface area (Å²) in [5.74, 6) is 1.08. The van der Waals surface area contributed by atoms with Gasteiger partial charge in [-0.1, -0.05) is 18.2 Å². The molecule has 27 heavy (non-hydrogen) atoms. The van der Waals surface area contributed by atoms with E-state index in [4.69, 9.17) is 4.74 Å². The minimum Gasteiger partial charge on any atom is -0.497 e. The number of aromatic amines is 1. The summed E-state index contributed by atoms with van der Waals surface area (Å²) in [7, 11) is 1.67. The van der Waals surface area contributed by atoms with Crippen molar-refractivity contribution in [1.82, 2.24) is 15.2 Å². The smallest absolute Gasteiger partial charge is 0.222 e. The highest BCUT2D eigenvalue weighted by atomic mass is 16.5. The first-order valence-corrected chi connectivity index (χ1v) is 9.49. The summed E-state index contributed by atoms with van der Waals surface area (Å²) in [6.45, 7) is 3.38. The molecule has 1 fully saturated rings. The largest absolute Gasteiger partial charge is 0.497 e. The monoisotopic (exact) mass is 363 g/mol. The Kier molecular flexibility index (Phi) is 5.12. The first-order chi connectivity index (χ1) is 13.3. The molecule has 1 aliphatic rings. The fourth-order valence-corrected chi connectivity index (χ4v) is 3.77. The van der Waals surface area contributed by atoms with Crippen molar-refractivity contribution in [3.8, 4) is 17.0 Å². The van der Waals surface area contributed by atoms with Crippen LogP contribution in [0.1, 0.15) is 12.0 Å². The number of para-hydroxylation sites is 1. The lowest BCUT2D eigenvalue weighted by molar-refractivity contribution is -0.131. The molecule has 140 valence electrons. The quantitative estimate of drug-likeness (QED) is 0.732. The number of carbonyl (C=O) groups is 1. The molecule has 5 nitrogen and oxygen atoms in total. The van der Waals surface area contributed by atoms with Gasteiger partial charge in [-0.25, -0.2) is 0 Å². The Labute approximate surface area is 159 Å². The van der Waals surface area contributed by atoms with Crippen molar-refractivity contribution in [1.29, 1.82) is 0 Å². The van der Waals surface area contributed by atoms with Gasteiger partial charge < -0.3 is 19.9 Å². The van der Waals surface area contributed by atoms with E-state index in [0.717, 1.165) is 55.1 Å². The van der Waals surface area contributed by atoms with E-state index < -0.39 is 0 Å². The highest BCUT2D eigenvalue weighted by molar-refractivity contribution is 5.91. The molecule has 0 aliphatic carbocycles. The predicted octanol–water partition coefficient (Wildman–Crippen LogP) is 3.21. The molecule has 3 aromatic rings. The van der Waals surface area contributed by atoms with Crippen LogP contribution < -0.4 is 10.1 Å². The number of hydrogen-bond acceptors (Lipinski definition) is 3. The molecule has 1 saturated heterocycles. The zero-order valence-corrected chi connectivity index (χ0v) is 15.6. The molecule has 4 rings (SSSR count). The number of amides is 1. The van der Waals surface area contributed by atoms with Crippen molar-refractivity contribution in [2.75, 3.05) is 33.3 Å². The predicted molar refractivity (Wildman–Crippen MR) is 108 cm³/mol. The Hall–Kier alpha value is -2.79. The van der Waals surface area contributed by atoms with Crippen LogP contribution in [0.5, 0.6) is 5.75 Å². The van der Waals surface area contributed by atoms with Crippen LogP contribution >= 0.6 is 0 Å². The third kappa shape index (κ3) is 3.69. The van der Waals surface area contributed by atoms with Crippen LogP contribution in [-0.2, 0) is 11.2 Å². The van der Waals surface area contributed by atoms with Gasteiger partial charge in [0, 0.05) is 49.2 Å². The molecule has 0 saturated carbocycles. The number of aryl methyl sites for hydroxylation is 1. The molecule has 0 bridgehead atoms. The number of ether oxygens (including phenoxy) is 1. The molecule has 1 amide bonds. The summed E-state index contributed by atoms with van der Waals surface area (Å²) < 4.78 is 5.27. The van der Waals surface area contributed by atoms with Crippen LogP contribution in [0.4, 0.5) is 0 Å². The lowest BCUT2D eigenvalue weighted by Crippen LogP contribution is -2.46. The summed E-state index contributed by atoms with van der Waals surface area (Å²) >= 11 is 0. The Morgan fingerprint density at radius 1 is 1.07 bits per heavy atom. The van der Waals surface area contributed by atoms with E-state index in [2.05, 4.69) is 40.6 Å². The van der Waals surface area contributed by atoms with Crippen molar-refractivity contribution in [3.63, 3.8) is 0 Å². The van der Waals surface area contributed by atoms with Gasteiger partial charge >= 0.3 is 0 Å². The van der Waals surface area contributed by atoms with Gasteiger partial charge in [-0.3, -0.25) is 4.79 Å². The average molecular weight is 363 g/mol. The van der Waals surface area contributed by atoms with E-state index in [0.29, 0.717) is 6.42 Å². The second-order valence-electron chi connectivity index (χ2n) is 6.88. The van der Waals surface area contributed by atoms with Crippen molar-refractivity contribution in [3.05, 3.63) is 54.1 Å². The Morgan fingerprint density at radius 2 is 1.81 bits per heavy atom. The van der Waals surface area contributed by atoms with Gasteiger partial charge in [-0.15, -0.1) is 0 Å². The van der Waals surface area contributed by atoms with E-state index in [1.54, 1.807) is 7.11 Å². The van der Waals surface area contributed by atoms with Gasteiger partial charge in [0.05, 0.1) is 7.11 Å². The normalized spacial score (nSPS) is 14.5. The van der Waals surface area contributed by atoms with Crippen LogP contribution in [0, 0.1) is 0 Å². The zero-order valence-electron chi connectivity index (χ0n) is 15.6. The van der Waals surface area contributed by atoms with E-state index in [9.17, 15) is 4.79 Å². The molecule has 2 aromatic carbocycles. The molecule has 1 aromatic heterocycles. The maximum Gasteiger partial charge on any atom is 0.222 e. The third-order valence-electron chi connectivity index (χ3n) is 5.25. The summed E-state index contributed by atoms with van der Waals surface area (Å²) in [5.41, 5.74) is 4.51. The van der Waals surface area contributed by atoms with Crippen LogP contribution in [0.15, 0.2) is 48.5 Å². The number of methoxy groups -OCH3 is 1. The fourth-order valence-electron chi connectivity index (χ4n) is 3.77. The molecule has 2 heterocycles. The molecule has 0 spiro atoms. The maximum atomic E-state index is 12.6. The van der Waals surface area contributed by atoms with Gasteiger partial charge in [0.2, 0.25) is 5.91 Å². The van der Waals surface area contributed by atoms with E-state index >= 15 is 0 Å².